The first kappa shape index (κ1) is 17.7. The molecule has 1 N–H and O–H groups in total. The number of ether oxygens (including phenoxy) is 1. The number of benzene rings is 2. The molecule has 3 aromatic rings. The minimum absolute atomic E-state index is 0.0727. The third kappa shape index (κ3) is 4.11. The number of aryl methyl sites for hydroxylation is 1. The van der Waals surface area contributed by atoms with E-state index in [0.717, 1.165) is 21.3 Å². The molecule has 0 radical (unpaired) electrons. The molecule has 3 rings (SSSR count). The van der Waals surface area contributed by atoms with Gasteiger partial charge in [-0.05, 0) is 48.2 Å². The smallest absolute Gasteiger partial charge is 0.264 e. The van der Waals surface area contributed by atoms with Gasteiger partial charge in [-0.3, -0.25) is 10.1 Å². The molecule has 0 bridgehead atoms. The Morgan fingerprint density at radius 1 is 1.32 bits per heavy atom. The van der Waals surface area contributed by atoms with Gasteiger partial charge in [0.25, 0.3) is 5.91 Å². The Kier molecular flexibility index (Phi) is 5.25. The fourth-order valence-corrected chi connectivity index (χ4v) is 3.53. The van der Waals surface area contributed by atoms with Gasteiger partial charge in [-0.1, -0.05) is 48.9 Å². The summed E-state index contributed by atoms with van der Waals surface area (Å²) in [6.07, 6.45) is 0. The van der Waals surface area contributed by atoms with E-state index < -0.39 is 0 Å². The number of halogens is 1. The molecule has 25 heavy (non-hydrogen) atoms. The zero-order valence-electron chi connectivity index (χ0n) is 14.3. The summed E-state index contributed by atoms with van der Waals surface area (Å²) >= 11 is 7.64. The SMILES string of the molecule is Cc1cc(OCC(=O)Nc2nc3ccccc3s2)c(C(C)C)cc1Cl. The third-order valence-corrected chi connectivity index (χ3v) is 5.17. The molecular formula is C19H19ClN2O2S. The predicted molar refractivity (Wildman–Crippen MR) is 104 cm³/mol. The number of rotatable bonds is 5. The van der Waals surface area contributed by atoms with Crippen LogP contribution in [-0.2, 0) is 4.79 Å². The molecule has 0 unspecified atom stereocenters. The van der Waals surface area contributed by atoms with E-state index in [-0.39, 0.29) is 18.4 Å². The molecule has 6 heteroatoms. The van der Waals surface area contributed by atoms with Crippen LogP contribution in [-0.4, -0.2) is 17.5 Å². The highest BCUT2D eigenvalue weighted by atomic mass is 35.5. The first-order chi connectivity index (χ1) is 11.9. The second-order valence-corrected chi connectivity index (χ2v) is 7.56. The van der Waals surface area contributed by atoms with Gasteiger partial charge >= 0.3 is 0 Å². The number of nitrogens with zero attached hydrogens (tertiary/aromatic N) is 1. The van der Waals surface area contributed by atoms with Crippen LogP contribution in [0.2, 0.25) is 5.02 Å². The Bertz CT molecular complexity index is 888. The number of carbonyl (C=O) groups is 1. The lowest BCUT2D eigenvalue weighted by atomic mass is 10.0. The van der Waals surface area contributed by atoms with Crippen molar-refractivity contribution in [1.29, 1.82) is 0 Å². The van der Waals surface area contributed by atoms with Crippen molar-refractivity contribution in [3.63, 3.8) is 0 Å². The molecule has 0 atom stereocenters. The van der Waals surface area contributed by atoms with E-state index in [4.69, 9.17) is 16.3 Å². The zero-order chi connectivity index (χ0) is 18.0. The Morgan fingerprint density at radius 2 is 2.08 bits per heavy atom. The summed E-state index contributed by atoms with van der Waals surface area (Å²) in [7, 11) is 0. The van der Waals surface area contributed by atoms with E-state index >= 15 is 0 Å². The van der Waals surface area contributed by atoms with Gasteiger partial charge in [0, 0.05) is 5.02 Å². The molecule has 1 amide bonds. The van der Waals surface area contributed by atoms with Crippen molar-refractivity contribution < 1.29 is 9.53 Å². The van der Waals surface area contributed by atoms with Crippen molar-refractivity contribution >= 4 is 44.2 Å². The van der Waals surface area contributed by atoms with Crippen molar-refractivity contribution in [3.05, 3.63) is 52.5 Å². The molecule has 0 fully saturated rings. The van der Waals surface area contributed by atoms with Gasteiger partial charge < -0.3 is 4.74 Å². The number of hydrogen-bond donors (Lipinski definition) is 1. The van der Waals surface area contributed by atoms with Crippen LogP contribution in [0.5, 0.6) is 5.75 Å². The van der Waals surface area contributed by atoms with Crippen LogP contribution in [0.3, 0.4) is 0 Å². The number of thiazole rings is 1. The normalized spacial score (nSPS) is 11.1. The highest BCUT2D eigenvalue weighted by Gasteiger charge is 2.13. The van der Waals surface area contributed by atoms with Gasteiger partial charge in [-0.15, -0.1) is 0 Å². The maximum atomic E-state index is 12.2. The molecule has 2 aromatic carbocycles. The number of amides is 1. The Morgan fingerprint density at radius 3 is 2.80 bits per heavy atom. The molecule has 0 aliphatic carbocycles. The van der Waals surface area contributed by atoms with Crippen LogP contribution in [0.4, 0.5) is 5.13 Å². The number of nitrogens with one attached hydrogen (secondary N) is 1. The van der Waals surface area contributed by atoms with Crippen LogP contribution in [0.15, 0.2) is 36.4 Å². The predicted octanol–water partition coefficient (Wildman–Crippen LogP) is 5.40. The number of para-hydroxylation sites is 1. The molecule has 0 saturated carbocycles. The molecular weight excluding hydrogens is 356 g/mol. The van der Waals surface area contributed by atoms with Gasteiger partial charge in [0.2, 0.25) is 0 Å². The summed E-state index contributed by atoms with van der Waals surface area (Å²) in [4.78, 5) is 16.6. The van der Waals surface area contributed by atoms with Gasteiger partial charge in [-0.25, -0.2) is 4.98 Å². The van der Waals surface area contributed by atoms with Crippen LogP contribution in [0.25, 0.3) is 10.2 Å². The van der Waals surface area contributed by atoms with Crippen molar-refractivity contribution in [2.75, 3.05) is 11.9 Å². The highest BCUT2D eigenvalue weighted by molar-refractivity contribution is 7.22. The third-order valence-electron chi connectivity index (χ3n) is 3.81. The summed E-state index contributed by atoms with van der Waals surface area (Å²) in [5.41, 5.74) is 2.79. The Labute approximate surface area is 155 Å². The second kappa shape index (κ2) is 7.42. The van der Waals surface area contributed by atoms with Gasteiger partial charge in [0.05, 0.1) is 10.2 Å². The molecule has 4 nitrogen and oxygen atoms in total. The van der Waals surface area contributed by atoms with E-state index in [1.165, 1.54) is 11.3 Å². The summed E-state index contributed by atoms with van der Waals surface area (Å²) < 4.78 is 6.78. The maximum Gasteiger partial charge on any atom is 0.264 e. The Hall–Kier alpha value is -2.11. The first-order valence-corrected chi connectivity index (χ1v) is 9.21. The highest BCUT2D eigenvalue weighted by Crippen LogP contribution is 2.32. The van der Waals surface area contributed by atoms with E-state index in [9.17, 15) is 4.79 Å². The van der Waals surface area contributed by atoms with Crippen LogP contribution < -0.4 is 10.1 Å². The zero-order valence-corrected chi connectivity index (χ0v) is 15.9. The van der Waals surface area contributed by atoms with Crippen LogP contribution in [0.1, 0.15) is 30.9 Å². The summed E-state index contributed by atoms with van der Waals surface area (Å²) in [5, 5.41) is 4.07. The Balaban J connectivity index is 1.69. The van der Waals surface area contributed by atoms with E-state index in [0.29, 0.717) is 15.9 Å². The number of hydrogen-bond acceptors (Lipinski definition) is 4. The van der Waals surface area contributed by atoms with Gasteiger partial charge in [-0.2, -0.15) is 0 Å². The summed E-state index contributed by atoms with van der Waals surface area (Å²) in [6.45, 7) is 5.97. The number of aromatic nitrogens is 1. The monoisotopic (exact) mass is 374 g/mol. The van der Waals surface area contributed by atoms with Crippen LogP contribution in [0, 0.1) is 6.92 Å². The van der Waals surface area contributed by atoms with E-state index in [1.807, 2.05) is 43.3 Å². The van der Waals surface area contributed by atoms with Crippen molar-refractivity contribution in [3.8, 4) is 5.75 Å². The second-order valence-electron chi connectivity index (χ2n) is 6.12. The maximum absolute atomic E-state index is 12.2. The lowest BCUT2D eigenvalue weighted by Gasteiger charge is -2.15. The molecule has 0 saturated heterocycles. The standard InChI is InChI=1S/C19H19ClN2O2S/c1-11(2)13-9-14(20)12(3)8-16(13)24-10-18(23)22-19-21-15-6-4-5-7-17(15)25-19/h4-9,11H,10H2,1-3H3,(H,21,22,23). The molecule has 0 spiro atoms. The topological polar surface area (TPSA) is 51.2 Å². The average Bonchev–Trinajstić information content (AvgIpc) is 2.97. The lowest BCUT2D eigenvalue weighted by Crippen LogP contribution is -2.20. The number of anilines is 1. The summed E-state index contributed by atoms with van der Waals surface area (Å²) in [6, 6.07) is 11.6. The van der Waals surface area contributed by atoms with E-state index in [2.05, 4.69) is 24.1 Å². The molecule has 130 valence electrons. The molecule has 1 aromatic heterocycles. The minimum atomic E-state index is -0.235. The fourth-order valence-electron chi connectivity index (χ4n) is 2.47. The number of carbonyl (C=O) groups excluding carboxylic acids is 1. The van der Waals surface area contributed by atoms with Crippen molar-refractivity contribution in [2.45, 2.75) is 26.7 Å². The quantitative estimate of drug-likeness (QED) is 0.650. The average molecular weight is 375 g/mol. The lowest BCUT2D eigenvalue weighted by molar-refractivity contribution is -0.118. The summed E-state index contributed by atoms with van der Waals surface area (Å²) in [5.74, 6) is 0.707. The van der Waals surface area contributed by atoms with Gasteiger partial charge in [0.15, 0.2) is 11.7 Å². The number of fused-ring (bicyclic) bond motifs is 1. The largest absolute Gasteiger partial charge is 0.483 e. The molecule has 0 aliphatic rings. The minimum Gasteiger partial charge on any atom is -0.483 e. The van der Waals surface area contributed by atoms with Crippen molar-refractivity contribution in [1.82, 2.24) is 4.98 Å². The van der Waals surface area contributed by atoms with Crippen molar-refractivity contribution in [2.24, 2.45) is 0 Å². The molecule has 0 aliphatic heterocycles. The molecule has 1 heterocycles. The fraction of sp³-hybridized carbons (Fsp3) is 0.263. The van der Waals surface area contributed by atoms with Gasteiger partial charge in [0.1, 0.15) is 5.75 Å². The first-order valence-electron chi connectivity index (χ1n) is 8.02. The van der Waals surface area contributed by atoms with Crippen LogP contribution >= 0.6 is 22.9 Å². The van der Waals surface area contributed by atoms with E-state index in [1.54, 1.807) is 0 Å².